The standard InChI is InChI=1S/C34H43ClF3N7O4/c1-41-14-16-42(17-15-41)24-6-10-43(11-7-24)31(46)29(20-22-18-26(34(36,37)38)30(39)27(35)19-22)49-33(48)44-12-8-25(9-13-44)45-21-23-4-2-3-5-28(23)40-32(45)47/h2-5,18-19,24-25,29H,6-17,20-21,39H2,1H3,(H,40,47)/t29-/m1/s1. The van der Waals surface area contributed by atoms with Crippen LogP contribution < -0.4 is 11.1 Å². The molecule has 0 saturated carbocycles. The number of carbonyl (C=O) groups is 3. The largest absolute Gasteiger partial charge is 0.436 e. The Morgan fingerprint density at radius 1 is 0.959 bits per heavy atom. The number of fused-ring (bicyclic) bond motifs is 1. The number of nitrogen functional groups attached to an aromatic ring is 1. The van der Waals surface area contributed by atoms with Gasteiger partial charge in [-0.3, -0.25) is 9.69 Å². The molecule has 4 aliphatic rings. The zero-order valence-corrected chi connectivity index (χ0v) is 28.3. The minimum absolute atomic E-state index is 0.0834. The predicted molar refractivity (Wildman–Crippen MR) is 179 cm³/mol. The smallest absolute Gasteiger partial charge is 0.418 e. The summed E-state index contributed by atoms with van der Waals surface area (Å²) >= 11 is 6.10. The van der Waals surface area contributed by atoms with Crippen LogP contribution in [0.3, 0.4) is 0 Å². The fourth-order valence-corrected chi connectivity index (χ4v) is 7.58. The number of piperazine rings is 1. The van der Waals surface area contributed by atoms with Crippen molar-refractivity contribution in [2.75, 3.05) is 70.5 Å². The van der Waals surface area contributed by atoms with Gasteiger partial charge in [-0.2, -0.15) is 13.2 Å². The van der Waals surface area contributed by atoms with Gasteiger partial charge >= 0.3 is 18.3 Å². The number of likely N-dealkylation sites (N-methyl/N-ethyl adjacent to an activating group) is 1. The van der Waals surface area contributed by atoms with E-state index < -0.39 is 35.5 Å². The molecule has 3 saturated heterocycles. The van der Waals surface area contributed by atoms with Gasteiger partial charge in [-0.1, -0.05) is 29.8 Å². The SMILES string of the molecule is CN1CCN(C2CCN(C(=O)[C@@H](Cc3cc(Cl)c(N)c(C(F)(F)F)c3)OC(=O)N3CCC(N4Cc5ccccc5NC4=O)CC3)CC2)CC1. The Bertz CT molecular complexity index is 1540. The number of amides is 4. The molecular formula is C34H43ClF3N7O4. The lowest BCUT2D eigenvalue weighted by molar-refractivity contribution is -0.142. The normalized spacial score (nSPS) is 20.9. The van der Waals surface area contributed by atoms with E-state index >= 15 is 0 Å². The van der Waals surface area contributed by atoms with E-state index in [1.807, 2.05) is 24.3 Å². The second-order valence-corrected chi connectivity index (χ2v) is 13.8. The molecule has 11 nitrogen and oxygen atoms in total. The summed E-state index contributed by atoms with van der Waals surface area (Å²) in [6.07, 6.45) is -4.63. The summed E-state index contributed by atoms with van der Waals surface area (Å²) in [7, 11) is 2.10. The Kier molecular flexibility index (Phi) is 10.5. The van der Waals surface area contributed by atoms with E-state index in [4.69, 9.17) is 22.1 Å². The molecule has 0 aliphatic carbocycles. The highest BCUT2D eigenvalue weighted by molar-refractivity contribution is 6.33. The number of benzene rings is 2. The van der Waals surface area contributed by atoms with Gasteiger partial charge < -0.3 is 35.4 Å². The highest BCUT2D eigenvalue weighted by Crippen LogP contribution is 2.38. The maximum atomic E-state index is 14.0. The summed E-state index contributed by atoms with van der Waals surface area (Å²) in [5, 5.41) is 2.64. The monoisotopic (exact) mass is 705 g/mol. The van der Waals surface area contributed by atoms with Gasteiger partial charge in [0.1, 0.15) is 0 Å². The van der Waals surface area contributed by atoms with Gasteiger partial charge in [-0.05, 0) is 62.1 Å². The molecule has 0 spiro atoms. The molecule has 4 amide bonds. The minimum Gasteiger partial charge on any atom is -0.436 e. The van der Waals surface area contributed by atoms with Crippen LogP contribution in [0.15, 0.2) is 36.4 Å². The Labute approximate surface area is 289 Å². The summed E-state index contributed by atoms with van der Waals surface area (Å²) in [6.45, 7) is 5.83. The number of rotatable bonds is 6. The molecule has 15 heteroatoms. The Morgan fingerprint density at radius 3 is 2.27 bits per heavy atom. The lowest BCUT2D eigenvalue weighted by Crippen LogP contribution is -2.55. The van der Waals surface area contributed by atoms with Crippen molar-refractivity contribution in [1.29, 1.82) is 0 Å². The number of nitrogens with two attached hydrogens (primary N) is 1. The van der Waals surface area contributed by atoms with Crippen LogP contribution in [0.25, 0.3) is 0 Å². The predicted octanol–water partition coefficient (Wildman–Crippen LogP) is 4.74. The molecule has 3 N–H and O–H groups in total. The van der Waals surface area contributed by atoms with Crippen LogP contribution in [-0.2, 0) is 28.7 Å². The lowest BCUT2D eigenvalue weighted by Gasteiger charge is -2.42. The molecule has 3 fully saturated rings. The molecule has 6 rings (SSSR count). The van der Waals surface area contributed by atoms with Crippen LogP contribution >= 0.6 is 11.6 Å². The average molecular weight is 706 g/mol. The first kappa shape index (κ1) is 35.1. The lowest BCUT2D eigenvalue weighted by atomic mass is 9.99. The third-order valence-electron chi connectivity index (χ3n) is 10.3. The number of piperidine rings is 2. The number of hydrogen-bond acceptors (Lipinski definition) is 7. The molecule has 49 heavy (non-hydrogen) atoms. The van der Waals surface area contributed by atoms with Gasteiger partial charge in [0.2, 0.25) is 0 Å². The minimum atomic E-state index is -4.76. The van der Waals surface area contributed by atoms with Gasteiger partial charge in [0.15, 0.2) is 6.10 Å². The van der Waals surface area contributed by atoms with E-state index in [9.17, 15) is 27.6 Å². The highest BCUT2D eigenvalue weighted by Gasteiger charge is 2.38. The van der Waals surface area contributed by atoms with Crippen molar-refractivity contribution in [3.63, 3.8) is 0 Å². The number of likely N-dealkylation sites (tertiary alicyclic amines) is 2. The van der Waals surface area contributed by atoms with Gasteiger partial charge in [-0.25, -0.2) is 9.59 Å². The van der Waals surface area contributed by atoms with E-state index in [0.717, 1.165) is 56.3 Å². The van der Waals surface area contributed by atoms with Crippen LogP contribution in [0.1, 0.15) is 42.4 Å². The van der Waals surface area contributed by atoms with Crippen molar-refractivity contribution in [3.05, 3.63) is 58.1 Å². The molecule has 4 aliphatic heterocycles. The van der Waals surface area contributed by atoms with Gasteiger partial charge in [-0.15, -0.1) is 0 Å². The molecule has 4 heterocycles. The third kappa shape index (κ3) is 8.02. The summed E-state index contributed by atoms with van der Waals surface area (Å²) in [5.74, 6) is -0.453. The molecule has 0 aromatic heterocycles. The van der Waals surface area contributed by atoms with Crippen molar-refractivity contribution in [1.82, 2.24) is 24.5 Å². The van der Waals surface area contributed by atoms with Crippen molar-refractivity contribution in [2.45, 2.75) is 63.0 Å². The number of anilines is 2. The van der Waals surface area contributed by atoms with E-state index in [2.05, 4.69) is 22.2 Å². The highest BCUT2D eigenvalue weighted by atomic mass is 35.5. The van der Waals surface area contributed by atoms with Crippen LogP contribution in [0, 0.1) is 0 Å². The topological polar surface area (TPSA) is 115 Å². The Balaban J connectivity index is 1.13. The first-order valence-electron chi connectivity index (χ1n) is 16.8. The summed E-state index contributed by atoms with van der Waals surface area (Å²) in [6, 6.07) is 9.80. The van der Waals surface area contributed by atoms with E-state index in [0.29, 0.717) is 38.5 Å². The van der Waals surface area contributed by atoms with E-state index in [-0.39, 0.29) is 42.2 Å². The zero-order chi connectivity index (χ0) is 34.9. The molecule has 2 aromatic rings. The van der Waals surface area contributed by atoms with Crippen molar-refractivity contribution in [3.8, 4) is 0 Å². The van der Waals surface area contributed by atoms with E-state index in [1.165, 1.54) is 11.0 Å². The van der Waals surface area contributed by atoms with Crippen molar-refractivity contribution >= 4 is 41.0 Å². The van der Waals surface area contributed by atoms with Crippen LogP contribution in [0.4, 0.5) is 34.1 Å². The van der Waals surface area contributed by atoms with Gasteiger partial charge in [0, 0.05) is 83.1 Å². The third-order valence-corrected chi connectivity index (χ3v) is 10.6. The van der Waals surface area contributed by atoms with Gasteiger partial charge in [0.25, 0.3) is 5.91 Å². The van der Waals surface area contributed by atoms with Crippen LogP contribution in [0.5, 0.6) is 0 Å². The quantitative estimate of drug-likeness (QED) is 0.418. The van der Waals surface area contributed by atoms with Crippen LogP contribution in [-0.4, -0.2) is 120 Å². The Morgan fingerprint density at radius 2 is 1.59 bits per heavy atom. The van der Waals surface area contributed by atoms with Crippen LogP contribution in [0.2, 0.25) is 5.02 Å². The summed E-state index contributed by atoms with van der Waals surface area (Å²) < 4.78 is 47.2. The molecular weight excluding hydrogens is 663 g/mol. The van der Waals surface area contributed by atoms with Crippen molar-refractivity contribution in [2.24, 2.45) is 0 Å². The number of para-hydroxylation sites is 1. The number of nitrogens with zero attached hydrogens (tertiary/aromatic N) is 5. The number of urea groups is 1. The number of halogens is 4. The number of nitrogens with one attached hydrogen (secondary N) is 1. The molecule has 266 valence electrons. The summed E-state index contributed by atoms with van der Waals surface area (Å²) in [5.41, 5.74) is 5.82. The fourth-order valence-electron chi connectivity index (χ4n) is 7.34. The second kappa shape index (κ2) is 14.6. The summed E-state index contributed by atoms with van der Waals surface area (Å²) in [4.78, 5) is 50.0. The first-order chi connectivity index (χ1) is 23.4. The molecule has 0 unspecified atom stereocenters. The number of carbonyl (C=O) groups excluding carboxylic acids is 3. The second-order valence-electron chi connectivity index (χ2n) is 13.4. The van der Waals surface area contributed by atoms with Crippen molar-refractivity contribution < 1.29 is 32.3 Å². The number of alkyl halides is 3. The molecule has 0 bridgehead atoms. The number of hydrogen-bond donors (Lipinski definition) is 2. The maximum Gasteiger partial charge on any atom is 0.418 e. The maximum absolute atomic E-state index is 14.0. The molecule has 0 radical (unpaired) electrons. The van der Waals surface area contributed by atoms with E-state index in [1.54, 1.807) is 9.80 Å². The zero-order valence-electron chi connectivity index (χ0n) is 27.6. The van der Waals surface area contributed by atoms with Gasteiger partial charge in [0.05, 0.1) is 16.3 Å². The fraction of sp³-hybridized carbons (Fsp3) is 0.559. The Hall–Kier alpha value is -3.75. The molecule has 1 atom stereocenters. The molecule has 2 aromatic carbocycles. The first-order valence-corrected chi connectivity index (χ1v) is 17.2. The average Bonchev–Trinajstić information content (AvgIpc) is 3.09. The number of ether oxygens (including phenoxy) is 1.